The molecule has 206 valence electrons. The minimum absolute atomic E-state index is 0.0154. The van der Waals surface area contributed by atoms with Gasteiger partial charge in [-0.15, -0.1) is 0 Å². The van der Waals surface area contributed by atoms with E-state index in [-0.39, 0.29) is 16.6 Å². The van der Waals surface area contributed by atoms with Gasteiger partial charge in [-0.2, -0.15) is 9.57 Å². The van der Waals surface area contributed by atoms with Crippen molar-refractivity contribution in [2.75, 3.05) is 18.0 Å². The van der Waals surface area contributed by atoms with E-state index in [4.69, 9.17) is 5.41 Å². The van der Waals surface area contributed by atoms with Gasteiger partial charge in [-0.1, -0.05) is 76.9 Å². The van der Waals surface area contributed by atoms with Crippen LogP contribution in [0.2, 0.25) is 0 Å². The van der Waals surface area contributed by atoms with Crippen LogP contribution in [0.4, 0.5) is 11.4 Å². The molecule has 0 unspecified atom stereocenters. The summed E-state index contributed by atoms with van der Waals surface area (Å²) in [6.45, 7) is 15.1. The molecule has 2 aliphatic heterocycles. The van der Waals surface area contributed by atoms with Crippen molar-refractivity contribution < 1.29 is 9.37 Å². The number of nitrogens with one attached hydrogen (secondary N) is 1. The van der Waals surface area contributed by atoms with Gasteiger partial charge in [-0.05, 0) is 38.0 Å². The van der Waals surface area contributed by atoms with Gasteiger partial charge >= 0.3 is 0 Å². The van der Waals surface area contributed by atoms with E-state index in [0.717, 1.165) is 50.2 Å². The molecule has 0 fully saturated rings. The van der Waals surface area contributed by atoms with Crippen LogP contribution in [0.5, 0.6) is 0 Å². The standard InChI is InChI=1S/C35H41N4O/c1-7-9-19-38-28-17-13-11-15-26(28)34(3,4)30(38)21-24-32(37-23-36)25(33(24)40)22-31-35(5,6)27-16-12-14-18-29(27)39(31)20-10-8-2/h11-18,21-22,36H,7-10,19-20H2,1-6H3/q+1. The Morgan fingerprint density at radius 1 is 0.925 bits per heavy atom. The van der Waals surface area contributed by atoms with Crippen LogP contribution >= 0.6 is 0 Å². The number of fused-ring (bicyclic) bond motifs is 2. The van der Waals surface area contributed by atoms with E-state index in [1.807, 2.05) is 12.2 Å². The van der Waals surface area contributed by atoms with E-state index in [9.17, 15) is 4.79 Å². The molecule has 1 N–H and O–H groups in total. The summed E-state index contributed by atoms with van der Waals surface area (Å²) in [4.78, 5) is 20.5. The molecule has 5 rings (SSSR count). The predicted octanol–water partition coefficient (Wildman–Crippen LogP) is 7.86. The minimum atomic E-state index is -0.253. The Bertz CT molecular complexity index is 1540. The maximum Gasteiger partial charge on any atom is 0.209 e. The Balaban J connectivity index is 1.64. The van der Waals surface area contributed by atoms with Crippen LogP contribution < -0.4 is 4.90 Å². The Morgan fingerprint density at radius 3 is 2.30 bits per heavy atom. The highest BCUT2D eigenvalue weighted by Crippen LogP contribution is 2.49. The number of hydrogen-bond acceptors (Lipinski definition) is 4. The van der Waals surface area contributed by atoms with Crippen molar-refractivity contribution in [1.29, 1.82) is 5.41 Å². The minimum Gasteiger partial charge on any atom is -0.344 e. The second kappa shape index (κ2) is 10.6. The van der Waals surface area contributed by atoms with Crippen molar-refractivity contribution in [2.24, 2.45) is 4.99 Å². The van der Waals surface area contributed by atoms with Crippen LogP contribution in [-0.2, 0) is 15.6 Å². The molecule has 2 aromatic rings. The molecule has 2 heterocycles. The van der Waals surface area contributed by atoms with Crippen molar-refractivity contribution in [3.63, 3.8) is 0 Å². The topological polar surface area (TPSA) is 59.5 Å². The molecule has 0 saturated carbocycles. The van der Waals surface area contributed by atoms with Gasteiger partial charge in [0, 0.05) is 47.5 Å². The predicted molar refractivity (Wildman–Crippen MR) is 164 cm³/mol. The zero-order valence-corrected chi connectivity index (χ0v) is 24.8. The second-order valence-electron chi connectivity index (χ2n) is 12.1. The van der Waals surface area contributed by atoms with Crippen molar-refractivity contribution in [2.45, 2.75) is 78.1 Å². The van der Waals surface area contributed by atoms with Crippen LogP contribution in [0.15, 0.2) is 88.2 Å². The van der Waals surface area contributed by atoms with E-state index in [2.05, 4.69) is 111 Å². The zero-order valence-electron chi connectivity index (χ0n) is 24.8. The normalized spacial score (nSPS) is 20.6. The van der Waals surface area contributed by atoms with Gasteiger partial charge in [-0.25, -0.2) is 5.41 Å². The Labute approximate surface area is 238 Å². The van der Waals surface area contributed by atoms with Crippen LogP contribution in [0, 0.1) is 5.41 Å². The number of unbranched alkanes of at least 4 members (excludes halogenated alkanes) is 2. The van der Waals surface area contributed by atoms with E-state index in [1.54, 1.807) is 0 Å². The maximum absolute atomic E-state index is 13.9. The van der Waals surface area contributed by atoms with Gasteiger partial charge in [0.15, 0.2) is 11.5 Å². The molecular weight excluding hydrogens is 492 g/mol. The van der Waals surface area contributed by atoms with Crippen molar-refractivity contribution >= 4 is 28.9 Å². The molecule has 3 aliphatic rings. The third-order valence-corrected chi connectivity index (χ3v) is 8.80. The Morgan fingerprint density at radius 2 is 1.60 bits per heavy atom. The average molecular weight is 534 g/mol. The summed E-state index contributed by atoms with van der Waals surface area (Å²) in [7, 11) is 0. The van der Waals surface area contributed by atoms with E-state index >= 15 is 0 Å². The Kier molecular flexibility index (Phi) is 7.37. The highest BCUT2D eigenvalue weighted by Gasteiger charge is 2.47. The highest BCUT2D eigenvalue weighted by molar-refractivity contribution is 6.25. The van der Waals surface area contributed by atoms with Crippen LogP contribution in [-0.4, -0.2) is 35.2 Å². The number of ketones is 1. The van der Waals surface area contributed by atoms with Crippen molar-refractivity contribution in [1.82, 2.24) is 0 Å². The van der Waals surface area contributed by atoms with E-state index < -0.39 is 0 Å². The van der Waals surface area contributed by atoms with Gasteiger partial charge in [0.1, 0.15) is 6.54 Å². The lowest BCUT2D eigenvalue weighted by molar-refractivity contribution is -0.438. The molecule has 0 bridgehead atoms. The zero-order chi connectivity index (χ0) is 28.7. The number of carbonyl (C=O) groups excluding carboxylic acids is 1. The largest absolute Gasteiger partial charge is 0.344 e. The molecule has 5 nitrogen and oxygen atoms in total. The summed E-state index contributed by atoms with van der Waals surface area (Å²) >= 11 is 0. The van der Waals surface area contributed by atoms with Crippen LogP contribution in [0.3, 0.4) is 0 Å². The van der Waals surface area contributed by atoms with Gasteiger partial charge < -0.3 is 4.90 Å². The Hall–Kier alpha value is -3.82. The third-order valence-electron chi connectivity index (χ3n) is 8.80. The number of nitrogens with zero attached hydrogens (tertiary/aromatic N) is 3. The highest BCUT2D eigenvalue weighted by atomic mass is 16.1. The number of allylic oxidation sites excluding steroid dienone is 5. The molecule has 0 radical (unpaired) electrons. The molecule has 0 saturated heterocycles. The summed E-state index contributed by atoms with van der Waals surface area (Å²) in [6.07, 6.45) is 8.37. The number of aliphatic imine (C=N–C) groups is 1. The number of carbonyl (C=O) groups is 1. The lowest BCUT2D eigenvalue weighted by atomic mass is 9.77. The van der Waals surface area contributed by atoms with Crippen molar-refractivity contribution in [3.05, 3.63) is 94.4 Å². The molecule has 0 aromatic heterocycles. The second-order valence-corrected chi connectivity index (χ2v) is 12.1. The molecule has 40 heavy (non-hydrogen) atoms. The van der Waals surface area contributed by atoms with Gasteiger partial charge in [-0.3, -0.25) is 4.79 Å². The summed E-state index contributed by atoms with van der Waals surface area (Å²) < 4.78 is 2.37. The number of anilines is 1. The maximum atomic E-state index is 13.9. The smallest absolute Gasteiger partial charge is 0.209 e. The summed E-state index contributed by atoms with van der Waals surface area (Å²) in [6, 6.07) is 19.3. The molecular formula is C35H41N4O+. The average Bonchev–Trinajstić information content (AvgIpc) is 3.30. The first-order chi connectivity index (χ1) is 19.2. The first-order valence-corrected chi connectivity index (χ1v) is 14.7. The fourth-order valence-electron chi connectivity index (χ4n) is 6.48. The lowest BCUT2D eigenvalue weighted by Crippen LogP contribution is -2.32. The quantitative estimate of drug-likeness (QED) is 0.203. The fraction of sp³-hybridized carbons (Fsp3) is 0.400. The van der Waals surface area contributed by atoms with E-state index in [0.29, 0.717) is 16.8 Å². The van der Waals surface area contributed by atoms with Gasteiger partial charge in [0.25, 0.3) is 0 Å². The number of para-hydroxylation sites is 2. The molecule has 2 aromatic carbocycles. The summed E-state index contributed by atoms with van der Waals surface area (Å²) in [5.74, 6) is -0.0154. The molecule has 1 aliphatic carbocycles. The molecule has 5 heteroatoms. The SMILES string of the molecule is CCCCN1/C(=C/C2=C(N=C=N)C(=C\C3=[N+](CCCC)c4ccccc4C3(C)C)/C2=O)C(C)(C)c2ccccc21. The first kappa shape index (κ1) is 27.7. The number of hydrogen-bond donors (Lipinski definition) is 1. The first-order valence-electron chi connectivity index (χ1n) is 14.7. The van der Waals surface area contributed by atoms with Crippen molar-refractivity contribution in [3.8, 4) is 0 Å². The van der Waals surface area contributed by atoms with Crippen LogP contribution in [0.1, 0.15) is 78.4 Å². The summed E-state index contributed by atoms with van der Waals surface area (Å²) in [5, 5.41) is 7.68. The molecule has 0 amide bonds. The summed E-state index contributed by atoms with van der Waals surface area (Å²) in [5.41, 5.74) is 8.35. The molecule has 0 atom stereocenters. The lowest BCUT2D eigenvalue weighted by Gasteiger charge is -2.29. The van der Waals surface area contributed by atoms with Crippen LogP contribution in [0.25, 0.3) is 0 Å². The number of benzene rings is 2. The third kappa shape index (κ3) is 4.33. The van der Waals surface area contributed by atoms with Gasteiger partial charge in [0.05, 0.1) is 28.3 Å². The molecule has 0 spiro atoms. The van der Waals surface area contributed by atoms with Gasteiger partial charge in [0.2, 0.25) is 5.69 Å². The monoisotopic (exact) mass is 533 g/mol. The van der Waals surface area contributed by atoms with E-state index in [1.165, 1.54) is 22.5 Å². The number of rotatable bonds is 9. The number of Topliss-reactive ketones (excluding diaryl/α,β-unsaturated/α-hetero) is 1. The fourth-order valence-corrected chi connectivity index (χ4v) is 6.48.